The van der Waals surface area contributed by atoms with Crippen LogP contribution in [0.15, 0.2) is 23.1 Å². The Bertz CT molecular complexity index is 1100. The quantitative estimate of drug-likeness (QED) is 0.863. The smallest absolute Gasteiger partial charge is 0.341 e. The number of halogens is 1. The number of rotatable bonds is 3. The Kier molecular flexibility index (Phi) is 3.37. The molecule has 4 bridgehead atoms. The van der Waals surface area contributed by atoms with Crippen LogP contribution in [0.1, 0.15) is 42.5 Å². The van der Waals surface area contributed by atoms with Crippen molar-refractivity contribution in [2.75, 3.05) is 25.0 Å². The maximum atomic E-state index is 15.2. The van der Waals surface area contributed by atoms with Crippen LogP contribution in [0.2, 0.25) is 0 Å². The Morgan fingerprint density at radius 1 is 1.17 bits per heavy atom. The van der Waals surface area contributed by atoms with Gasteiger partial charge < -0.3 is 14.6 Å². The zero-order valence-electron chi connectivity index (χ0n) is 16.4. The molecule has 3 saturated carbocycles. The van der Waals surface area contributed by atoms with E-state index in [2.05, 4.69) is 16.8 Å². The Morgan fingerprint density at radius 3 is 2.38 bits per heavy atom. The molecule has 3 aliphatic carbocycles. The van der Waals surface area contributed by atoms with Crippen molar-refractivity contribution in [3.05, 3.63) is 39.9 Å². The molecule has 1 aromatic carbocycles. The van der Waals surface area contributed by atoms with Gasteiger partial charge in [0.2, 0.25) is 5.43 Å². The third-order valence-electron chi connectivity index (χ3n) is 8.01. The van der Waals surface area contributed by atoms with Gasteiger partial charge in [-0.3, -0.25) is 9.69 Å². The van der Waals surface area contributed by atoms with Gasteiger partial charge in [-0.2, -0.15) is 0 Å². The van der Waals surface area contributed by atoms with Gasteiger partial charge in [0.25, 0.3) is 0 Å². The molecule has 3 heterocycles. The van der Waals surface area contributed by atoms with Gasteiger partial charge in [0, 0.05) is 42.3 Å². The number of piperazine rings is 1. The molecular weight excluding hydrogens is 373 g/mol. The van der Waals surface area contributed by atoms with Crippen LogP contribution in [0.3, 0.4) is 0 Å². The first kappa shape index (κ1) is 17.4. The lowest BCUT2D eigenvalue weighted by Gasteiger charge is -2.63. The number of likely N-dealkylation sites (N-methyl/N-ethyl adjacent to an activating group) is 1. The van der Waals surface area contributed by atoms with E-state index in [1.807, 2.05) is 4.57 Å². The van der Waals surface area contributed by atoms with Crippen molar-refractivity contribution in [2.24, 2.45) is 5.92 Å². The van der Waals surface area contributed by atoms with E-state index in [9.17, 15) is 14.7 Å². The summed E-state index contributed by atoms with van der Waals surface area (Å²) in [6.45, 7) is 1.56. The van der Waals surface area contributed by atoms with Crippen LogP contribution in [0.25, 0.3) is 10.9 Å². The van der Waals surface area contributed by atoms with Crippen molar-refractivity contribution in [3.8, 4) is 0 Å². The number of aromatic carboxylic acids is 1. The molecule has 29 heavy (non-hydrogen) atoms. The highest BCUT2D eigenvalue weighted by molar-refractivity contribution is 5.93. The number of hydrogen-bond acceptors (Lipinski definition) is 4. The number of fused-ring (bicyclic) bond motifs is 3. The summed E-state index contributed by atoms with van der Waals surface area (Å²) in [5, 5.41) is 9.69. The van der Waals surface area contributed by atoms with Gasteiger partial charge in [0.1, 0.15) is 11.4 Å². The summed E-state index contributed by atoms with van der Waals surface area (Å²) < 4.78 is 17.1. The van der Waals surface area contributed by atoms with E-state index in [0.29, 0.717) is 29.2 Å². The second kappa shape index (κ2) is 5.59. The molecule has 0 radical (unpaired) electrons. The Labute approximate surface area is 167 Å². The largest absolute Gasteiger partial charge is 0.477 e. The van der Waals surface area contributed by atoms with Crippen LogP contribution in [-0.2, 0) is 5.54 Å². The third-order valence-corrected chi connectivity index (χ3v) is 8.01. The van der Waals surface area contributed by atoms with E-state index < -0.39 is 17.2 Å². The van der Waals surface area contributed by atoms with Crippen LogP contribution in [0, 0.1) is 11.7 Å². The van der Waals surface area contributed by atoms with Gasteiger partial charge >= 0.3 is 5.97 Å². The molecule has 5 fully saturated rings. The predicted molar refractivity (Wildman–Crippen MR) is 107 cm³/mol. The average molecular weight is 397 g/mol. The molecule has 5 aliphatic rings. The number of hydrogen-bond donors (Lipinski definition) is 1. The lowest BCUT2D eigenvalue weighted by Crippen LogP contribution is -2.59. The predicted octanol–water partition coefficient (Wildman–Crippen LogP) is 2.63. The summed E-state index contributed by atoms with van der Waals surface area (Å²) in [6, 6.07) is 3.92. The Balaban J connectivity index is 1.53. The third kappa shape index (κ3) is 2.25. The monoisotopic (exact) mass is 397 g/mol. The Hall–Kier alpha value is -2.41. The molecule has 6 nitrogen and oxygen atoms in total. The van der Waals surface area contributed by atoms with Crippen LogP contribution < -0.4 is 10.3 Å². The van der Waals surface area contributed by atoms with Gasteiger partial charge in [-0.25, -0.2) is 9.18 Å². The van der Waals surface area contributed by atoms with Crippen LogP contribution >= 0.6 is 0 Å². The van der Waals surface area contributed by atoms with Gasteiger partial charge in [-0.1, -0.05) is 0 Å². The fourth-order valence-electron chi connectivity index (χ4n) is 6.16. The molecule has 2 aliphatic heterocycles. The average Bonchev–Trinajstić information content (AvgIpc) is 2.81. The van der Waals surface area contributed by atoms with E-state index in [0.717, 1.165) is 45.2 Å². The number of aromatic nitrogens is 1. The molecule has 152 valence electrons. The first-order valence-corrected chi connectivity index (χ1v) is 10.5. The lowest BCUT2D eigenvalue weighted by atomic mass is 9.49. The molecule has 2 atom stereocenters. The lowest BCUT2D eigenvalue weighted by molar-refractivity contribution is -0.0860. The second-order valence-corrected chi connectivity index (χ2v) is 9.53. The van der Waals surface area contributed by atoms with Crippen LogP contribution in [0.4, 0.5) is 10.1 Å². The Morgan fingerprint density at radius 2 is 1.83 bits per heavy atom. The van der Waals surface area contributed by atoms with E-state index in [1.165, 1.54) is 12.3 Å². The van der Waals surface area contributed by atoms with Crippen molar-refractivity contribution < 1.29 is 14.3 Å². The summed E-state index contributed by atoms with van der Waals surface area (Å²) in [7, 11) is 2.14. The molecular formula is C22H24FN3O3. The number of anilines is 1. The minimum atomic E-state index is -1.25. The normalized spacial score (nSPS) is 32.9. The molecule has 0 spiro atoms. The summed E-state index contributed by atoms with van der Waals surface area (Å²) in [5.41, 5.74) is 0.231. The molecule has 7 rings (SSSR count). The van der Waals surface area contributed by atoms with Gasteiger partial charge in [0.05, 0.1) is 11.2 Å². The maximum absolute atomic E-state index is 15.2. The number of nitrogens with zero attached hydrogens (tertiary/aromatic N) is 3. The van der Waals surface area contributed by atoms with Crippen molar-refractivity contribution in [1.82, 2.24) is 9.47 Å². The highest BCUT2D eigenvalue weighted by Gasteiger charge is 2.58. The summed E-state index contributed by atoms with van der Waals surface area (Å²) in [4.78, 5) is 28.9. The van der Waals surface area contributed by atoms with E-state index in [1.54, 1.807) is 6.07 Å². The molecule has 2 aromatic rings. The molecule has 1 aromatic heterocycles. The fourth-order valence-corrected chi connectivity index (χ4v) is 6.16. The molecule has 1 N–H and O–H groups in total. The minimum absolute atomic E-state index is 0.100. The summed E-state index contributed by atoms with van der Waals surface area (Å²) in [6.07, 6.45) is 6.78. The number of carbonyl (C=O) groups is 1. The molecule has 2 saturated heterocycles. The van der Waals surface area contributed by atoms with Crippen LogP contribution in [0.5, 0.6) is 0 Å². The van der Waals surface area contributed by atoms with Crippen molar-refractivity contribution in [1.29, 1.82) is 0 Å². The number of benzene rings is 1. The first-order chi connectivity index (χ1) is 13.9. The van der Waals surface area contributed by atoms with E-state index in [-0.39, 0.29) is 16.5 Å². The zero-order valence-corrected chi connectivity index (χ0v) is 16.4. The first-order valence-electron chi connectivity index (χ1n) is 10.5. The maximum Gasteiger partial charge on any atom is 0.341 e. The van der Waals surface area contributed by atoms with Crippen molar-refractivity contribution in [3.63, 3.8) is 0 Å². The van der Waals surface area contributed by atoms with Crippen LogP contribution in [-0.4, -0.2) is 52.8 Å². The van der Waals surface area contributed by atoms with Crippen molar-refractivity contribution in [2.45, 2.75) is 49.7 Å². The number of pyridine rings is 1. The summed E-state index contributed by atoms with van der Waals surface area (Å²) >= 11 is 0. The van der Waals surface area contributed by atoms with Gasteiger partial charge in [-0.05, 0) is 57.2 Å². The zero-order chi connectivity index (χ0) is 20.1. The number of carboxylic acid groups (broad SMARTS) is 1. The van der Waals surface area contributed by atoms with Gasteiger partial charge in [-0.15, -0.1) is 0 Å². The SMILES string of the molecule is CN1C2CCC1CN(c1cc3c(cc1F)c(=O)c(C(=O)O)cn3C13CC(C1)C3)C2. The fraction of sp³-hybridized carbons (Fsp3) is 0.545. The van der Waals surface area contributed by atoms with Crippen molar-refractivity contribution >= 4 is 22.6 Å². The highest BCUT2D eigenvalue weighted by atomic mass is 19.1. The van der Waals surface area contributed by atoms with Gasteiger partial charge in [0.15, 0.2) is 0 Å². The molecule has 2 unspecified atom stereocenters. The molecule has 7 heteroatoms. The summed E-state index contributed by atoms with van der Waals surface area (Å²) in [5.74, 6) is -0.992. The second-order valence-electron chi connectivity index (χ2n) is 9.53. The number of carboxylic acids is 1. The molecule has 0 amide bonds. The van der Waals surface area contributed by atoms with E-state index >= 15 is 4.39 Å². The topological polar surface area (TPSA) is 65.8 Å². The van der Waals surface area contributed by atoms with E-state index in [4.69, 9.17) is 0 Å². The minimum Gasteiger partial charge on any atom is -0.477 e. The standard InChI is InChI=1S/C22H24FN3O3/c1-24-13-2-3-14(24)10-25(9-13)19-5-18-15(4-17(19)23)20(27)16(21(28)29)11-26(18)22-6-12(7-22)8-22/h4-5,11-14H,2-3,6-10H2,1H3,(H,28,29). The highest BCUT2D eigenvalue weighted by Crippen LogP contribution is 2.62.